The number of nitrogens with two attached hydrogens (primary N) is 1. The summed E-state index contributed by atoms with van der Waals surface area (Å²) >= 11 is 0. The second-order valence-electron chi connectivity index (χ2n) is 4.14. The number of nitriles is 2. The highest BCUT2D eigenvalue weighted by Gasteiger charge is 2.02. The standard InChI is InChI=1S/C15H12N4.2CHN/c16-18-9-11-5-7-12(8-6-11)15-10-17-13-3-1-2-4-14(13)19-15;2*1-2/h1-10H,16H2;2*1H. The van der Waals surface area contributed by atoms with Crippen LogP contribution >= 0.6 is 0 Å². The van der Waals surface area contributed by atoms with E-state index in [9.17, 15) is 0 Å². The molecule has 3 aromatic rings. The summed E-state index contributed by atoms with van der Waals surface area (Å²) < 4.78 is 0. The number of rotatable bonds is 2. The van der Waals surface area contributed by atoms with Gasteiger partial charge in [0, 0.05) is 18.7 Å². The zero-order valence-electron chi connectivity index (χ0n) is 12.2. The second-order valence-corrected chi connectivity index (χ2v) is 4.14. The van der Waals surface area contributed by atoms with Crippen molar-refractivity contribution < 1.29 is 0 Å². The molecule has 23 heavy (non-hydrogen) atoms. The van der Waals surface area contributed by atoms with Crippen LogP contribution in [0.1, 0.15) is 5.56 Å². The first-order valence-electron chi connectivity index (χ1n) is 6.44. The summed E-state index contributed by atoms with van der Waals surface area (Å²) in [5, 5.41) is 16.5. The quantitative estimate of drug-likeness (QED) is 0.444. The average Bonchev–Trinajstić information content (AvgIpc) is 2.65. The first kappa shape index (κ1) is 17.3. The highest BCUT2D eigenvalue weighted by Crippen LogP contribution is 2.19. The molecule has 6 heteroatoms. The molecule has 112 valence electrons. The van der Waals surface area contributed by atoms with Crippen molar-refractivity contribution in [1.29, 1.82) is 10.5 Å². The van der Waals surface area contributed by atoms with Crippen LogP contribution in [0.15, 0.2) is 59.8 Å². The lowest BCUT2D eigenvalue weighted by Crippen LogP contribution is -1.90. The van der Waals surface area contributed by atoms with Gasteiger partial charge in [0.25, 0.3) is 0 Å². The molecule has 3 rings (SSSR count). The van der Waals surface area contributed by atoms with Gasteiger partial charge in [-0.3, -0.25) is 4.98 Å². The molecule has 0 saturated heterocycles. The van der Waals surface area contributed by atoms with E-state index in [1.165, 1.54) is 0 Å². The predicted octanol–water partition coefficient (Wildman–Crippen LogP) is 2.87. The van der Waals surface area contributed by atoms with Crippen molar-refractivity contribution in [3.63, 3.8) is 0 Å². The van der Waals surface area contributed by atoms with Gasteiger partial charge in [-0.05, 0) is 17.7 Å². The summed E-state index contributed by atoms with van der Waals surface area (Å²) in [5.74, 6) is 5.12. The third kappa shape index (κ3) is 4.35. The van der Waals surface area contributed by atoms with Gasteiger partial charge >= 0.3 is 0 Å². The van der Waals surface area contributed by atoms with Crippen LogP contribution in [0, 0.1) is 23.7 Å². The molecule has 6 nitrogen and oxygen atoms in total. The van der Waals surface area contributed by atoms with Crippen LogP contribution in [0.25, 0.3) is 22.3 Å². The molecule has 0 bridgehead atoms. The maximum atomic E-state index is 6.50. The van der Waals surface area contributed by atoms with Crippen LogP contribution in [0.5, 0.6) is 0 Å². The molecule has 0 radical (unpaired) electrons. The van der Waals surface area contributed by atoms with Crippen molar-refractivity contribution in [1.82, 2.24) is 9.97 Å². The topological polar surface area (TPSA) is 112 Å². The van der Waals surface area contributed by atoms with Crippen LogP contribution in [0.2, 0.25) is 0 Å². The van der Waals surface area contributed by atoms with E-state index in [1.54, 1.807) is 12.4 Å². The lowest BCUT2D eigenvalue weighted by atomic mass is 10.1. The van der Waals surface area contributed by atoms with Gasteiger partial charge < -0.3 is 5.84 Å². The summed E-state index contributed by atoms with van der Waals surface area (Å²) in [6.45, 7) is 7.00. The summed E-state index contributed by atoms with van der Waals surface area (Å²) in [6, 6.07) is 15.7. The fraction of sp³-hybridized carbons (Fsp3) is 0. The Labute approximate surface area is 134 Å². The summed E-state index contributed by atoms with van der Waals surface area (Å²) in [7, 11) is 0. The van der Waals surface area contributed by atoms with Crippen molar-refractivity contribution in [3.8, 4) is 24.4 Å². The van der Waals surface area contributed by atoms with Crippen LogP contribution in [-0.4, -0.2) is 16.2 Å². The van der Waals surface area contributed by atoms with E-state index < -0.39 is 0 Å². The SMILES string of the molecule is C#N.C#N.NN=Cc1ccc(-c2cnc3ccccc3n2)cc1. The number of hydrogen-bond acceptors (Lipinski definition) is 6. The van der Waals surface area contributed by atoms with Crippen molar-refractivity contribution in [2.24, 2.45) is 10.9 Å². The number of nitrogens with zero attached hydrogens (tertiary/aromatic N) is 5. The highest BCUT2D eigenvalue weighted by molar-refractivity contribution is 5.81. The van der Waals surface area contributed by atoms with E-state index >= 15 is 0 Å². The Bertz CT molecular complexity index is 812. The first-order chi connectivity index (χ1) is 11.4. The van der Waals surface area contributed by atoms with Gasteiger partial charge in [-0.25, -0.2) is 15.5 Å². The third-order valence-electron chi connectivity index (χ3n) is 2.88. The van der Waals surface area contributed by atoms with E-state index in [4.69, 9.17) is 16.4 Å². The Balaban J connectivity index is 0.000000615. The van der Waals surface area contributed by atoms with E-state index in [2.05, 4.69) is 28.2 Å². The van der Waals surface area contributed by atoms with E-state index in [1.807, 2.05) is 48.5 Å². The molecule has 0 aliphatic heterocycles. The Hall–Kier alpha value is -3.77. The maximum Gasteiger partial charge on any atom is 0.0894 e. The van der Waals surface area contributed by atoms with Gasteiger partial charge in [0.15, 0.2) is 0 Å². The molecule has 2 N–H and O–H groups in total. The van der Waals surface area contributed by atoms with Gasteiger partial charge in [-0.1, -0.05) is 36.4 Å². The average molecular weight is 302 g/mol. The molecule has 2 aromatic carbocycles. The van der Waals surface area contributed by atoms with Crippen LogP contribution in [0.3, 0.4) is 0 Å². The monoisotopic (exact) mass is 302 g/mol. The van der Waals surface area contributed by atoms with Gasteiger partial charge in [-0.2, -0.15) is 5.10 Å². The number of fused-ring (bicyclic) bond motifs is 1. The first-order valence-corrected chi connectivity index (χ1v) is 6.44. The van der Waals surface area contributed by atoms with Gasteiger partial charge in [0.1, 0.15) is 0 Å². The Morgan fingerprint density at radius 3 is 2.13 bits per heavy atom. The predicted molar refractivity (Wildman–Crippen MR) is 90.1 cm³/mol. The molecule has 0 amide bonds. The summed E-state index contributed by atoms with van der Waals surface area (Å²) in [6.07, 6.45) is 3.39. The smallest absolute Gasteiger partial charge is 0.0894 e. The zero-order valence-corrected chi connectivity index (χ0v) is 12.2. The second kappa shape index (κ2) is 9.22. The van der Waals surface area contributed by atoms with Crippen molar-refractivity contribution in [2.45, 2.75) is 0 Å². The molecule has 0 aliphatic rings. The van der Waals surface area contributed by atoms with Gasteiger partial charge in [-0.15, -0.1) is 0 Å². The fourth-order valence-electron chi connectivity index (χ4n) is 1.92. The molecule has 1 heterocycles. The molecular formula is C17H14N6. The minimum atomic E-state index is 0.856. The Kier molecular flexibility index (Phi) is 6.93. The number of aromatic nitrogens is 2. The van der Waals surface area contributed by atoms with Crippen molar-refractivity contribution in [2.75, 3.05) is 0 Å². The van der Waals surface area contributed by atoms with Gasteiger partial charge in [0.2, 0.25) is 0 Å². The molecule has 0 atom stereocenters. The number of hydrogen-bond donors (Lipinski definition) is 1. The normalized spacial score (nSPS) is 9.39. The van der Waals surface area contributed by atoms with Crippen molar-refractivity contribution in [3.05, 3.63) is 60.3 Å². The highest BCUT2D eigenvalue weighted by atomic mass is 15.1. The van der Waals surface area contributed by atoms with Gasteiger partial charge in [0.05, 0.1) is 29.1 Å². The number of benzene rings is 2. The number of hydrazone groups is 1. The summed E-state index contributed by atoms with van der Waals surface area (Å²) in [4.78, 5) is 9.01. The minimum absolute atomic E-state index is 0.856. The number of para-hydroxylation sites is 2. The zero-order chi connectivity index (χ0) is 17.1. The molecule has 0 saturated carbocycles. The summed E-state index contributed by atoms with van der Waals surface area (Å²) in [5.41, 5.74) is 4.63. The molecule has 1 aromatic heterocycles. The fourth-order valence-corrected chi connectivity index (χ4v) is 1.92. The molecule has 0 spiro atoms. The van der Waals surface area contributed by atoms with E-state index in [0.717, 1.165) is 27.9 Å². The van der Waals surface area contributed by atoms with Crippen LogP contribution in [0.4, 0.5) is 0 Å². The Morgan fingerprint density at radius 1 is 0.913 bits per heavy atom. The molecule has 0 unspecified atom stereocenters. The minimum Gasteiger partial charge on any atom is -0.323 e. The van der Waals surface area contributed by atoms with Crippen LogP contribution in [-0.2, 0) is 0 Å². The maximum absolute atomic E-state index is 6.50. The third-order valence-corrected chi connectivity index (χ3v) is 2.88. The lowest BCUT2D eigenvalue weighted by molar-refractivity contribution is 1.26. The molecular weight excluding hydrogens is 288 g/mol. The van der Waals surface area contributed by atoms with Crippen molar-refractivity contribution >= 4 is 17.2 Å². The van der Waals surface area contributed by atoms with Crippen LogP contribution < -0.4 is 5.84 Å². The molecule has 0 fully saturated rings. The van der Waals surface area contributed by atoms with E-state index in [-0.39, 0.29) is 0 Å². The molecule has 0 aliphatic carbocycles. The largest absolute Gasteiger partial charge is 0.323 e. The van der Waals surface area contributed by atoms with E-state index in [0.29, 0.717) is 0 Å². The lowest BCUT2D eigenvalue weighted by Gasteiger charge is -2.03. The Morgan fingerprint density at radius 2 is 1.52 bits per heavy atom.